The van der Waals surface area contributed by atoms with Crippen LogP contribution in [0.4, 0.5) is 11.6 Å². The molecule has 1 aliphatic rings. The molecule has 3 aromatic rings. The molecule has 33 heavy (non-hydrogen) atoms. The van der Waals surface area contributed by atoms with Gasteiger partial charge in [-0.2, -0.15) is 10.1 Å². The summed E-state index contributed by atoms with van der Waals surface area (Å²) < 4.78 is 7.61. The quantitative estimate of drug-likeness (QED) is 0.389. The molecule has 1 atom stereocenters. The lowest BCUT2D eigenvalue weighted by Crippen LogP contribution is -2.31. The van der Waals surface area contributed by atoms with Crippen LogP contribution in [-0.4, -0.2) is 27.3 Å². The van der Waals surface area contributed by atoms with E-state index in [2.05, 4.69) is 27.6 Å². The van der Waals surface area contributed by atoms with E-state index in [1.165, 1.54) is 25.6 Å². The number of carbonyl (C=O) groups is 1. The van der Waals surface area contributed by atoms with E-state index in [1.807, 2.05) is 31.2 Å². The van der Waals surface area contributed by atoms with Crippen molar-refractivity contribution in [2.45, 2.75) is 45.6 Å². The highest BCUT2D eigenvalue weighted by atomic mass is 35.5. The maximum Gasteiger partial charge on any atom is 0.255 e. The average molecular weight is 466 g/mol. The minimum absolute atomic E-state index is 0.218. The Labute approximate surface area is 198 Å². The Bertz CT molecular complexity index is 1120. The highest BCUT2D eigenvalue weighted by Gasteiger charge is 2.33. The first-order chi connectivity index (χ1) is 16.1. The molecule has 0 spiro atoms. The van der Waals surface area contributed by atoms with Crippen LogP contribution < -0.4 is 15.4 Å². The fourth-order valence-corrected chi connectivity index (χ4v) is 4.02. The Kier molecular flexibility index (Phi) is 7.29. The molecule has 0 bridgehead atoms. The summed E-state index contributed by atoms with van der Waals surface area (Å²) in [6.45, 7) is 4.77. The number of unbranched alkanes of at least 4 members (excludes halogenated alkanes) is 3. The Balaban J connectivity index is 1.56. The van der Waals surface area contributed by atoms with Gasteiger partial charge in [-0.3, -0.25) is 4.79 Å². The van der Waals surface area contributed by atoms with E-state index in [4.69, 9.17) is 16.3 Å². The highest BCUT2D eigenvalue weighted by molar-refractivity contribution is 6.30. The second-order valence-electron chi connectivity index (χ2n) is 8.03. The molecule has 2 aromatic carbocycles. The summed E-state index contributed by atoms with van der Waals surface area (Å²) in [4.78, 5) is 17.6. The third-order valence-corrected chi connectivity index (χ3v) is 5.86. The summed E-state index contributed by atoms with van der Waals surface area (Å²) in [6.07, 6.45) is 6.13. The lowest BCUT2D eigenvalue weighted by molar-refractivity contribution is -0.113. The van der Waals surface area contributed by atoms with Gasteiger partial charge in [0.25, 0.3) is 5.91 Å². The van der Waals surface area contributed by atoms with E-state index >= 15 is 0 Å². The zero-order valence-corrected chi connectivity index (χ0v) is 19.6. The molecule has 7 nitrogen and oxygen atoms in total. The number of fused-ring (bicyclic) bond motifs is 1. The van der Waals surface area contributed by atoms with Gasteiger partial charge < -0.3 is 15.4 Å². The van der Waals surface area contributed by atoms with Gasteiger partial charge in [0.2, 0.25) is 5.95 Å². The summed E-state index contributed by atoms with van der Waals surface area (Å²) in [6, 6.07) is 14.4. The molecule has 1 amide bonds. The van der Waals surface area contributed by atoms with E-state index in [0.717, 1.165) is 23.4 Å². The van der Waals surface area contributed by atoms with Gasteiger partial charge in [-0.15, -0.1) is 0 Å². The van der Waals surface area contributed by atoms with Gasteiger partial charge in [-0.05, 0) is 55.3 Å². The molecule has 0 radical (unpaired) electrons. The molecule has 2 N–H and O–H groups in total. The normalized spacial score (nSPS) is 15.1. The number of benzene rings is 2. The number of carbonyl (C=O) groups excluding carboxylic acids is 1. The van der Waals surface area contributed by atoms with Crippen molar-refractivity contribution in [1.82, 2.24) is 14.8 Å². The van der Waals surface area contributed by atoms with Crippen molar-refractivity contribution in [3.63, 3.8) is 0 Å². The third-order valence-electron chi connectivity index (χ3n) is 5.60. The molecule has 1 aliphatic heterocycles. The van der Waals surface area contributed by atoms with E-state index in [1.54, 1.807) is 28.9 Å². The minimum atomic E-state index is -0.422. The third kappa shape index (κ3) is 5.37. The fraction of sp³-hybridized carbons (Fsp3) is 0.320. The monoisotopic (exact) mass is 465 g/mol. The van der Waals surface area contributed by atoms with Gasteiger partial charge in [0.1, 0.15) is 18.1 Å². The Morgan fingerprint density at radius 1 is 1.12 bits per heavy atom. The molecule has 0 fully saturated rings. The van der Waals surface area contributed by atoms with Crippen molar-refractivity contribution in [3.8, 4) is 5.75 Å². The van der Waals surface area contributed by atoms with Gasteiger partial charge in [0.05, 0.1) is 12.2 Å². The molecule has 1 aromatic heterocycles. The number of hydrogen-bond donors (Lipinski definition) is 2. The second-order valence-corrected chi connectivity index (χ2v) is 8.47. The number of rotatable bonds is 9. The van der Waals surface area contributed by atoms with Crippen LogP contribution in [0.1, 0.15) is 51.1 Å². The number of hydrogen-bond acceptors (Lipinski definition) is 5. The van der Waals surface area contributed by atoms with Crippen molar-refractivity contribution in [1.29, 1.82) is 0 Å². The number of halogens is 1. The molecule has 4 rings (SSSR count). The number of allylic oxidation sites excluding steroid dienone is 1. The van der Waals surface area contributed by atoms with Crippen LogP contribution >= 0.6 is 11.6 Å². The van der Waals surface area contributed by atoms with Gasteiger partial charge in [-0.25, -0.2) is 4.68 Å². The van der Waals surface area contributed by atoms with Crippen molar-refractivity contribution in [2.24, 2.45) is 0 Å². The average Bonchev–Trinajstić information content (AvgIpc) is 3.28. The van der Waals surface area contributed by atoms with Gasteiger partial charge in [-0.1, -0.05) is 49.9 Å². The highest BCUT2D eigenvalue weighted by Crippen LogP contribution is 2.35. The summed E-state index contributed by atoms with van der Waals surface area (Å²) in [5, 5.41) is 11.1. The maximum absolute atomic E-state index is 13.3. The first-order valence-corrected chi connectivity index (χ1v) is 11.6. The molecular formula is C25H28ClN5O2. The van der Waals surface area contributed by atoms with Crippen LogP contribution in [0.2, 0.25) is 5.02 Å². The van der Waals surface area contributed by atoms with Crippen LogP contribution in [0.25, 0.3) is 0 Å². The SMILES string of the molecule is CCCCCCOc1ccc([C@H]2C(C(=O)Nc3ccc(Cl)cc3)=C(C)Nc3ncnn32)cc1. The molecule has 172 valence electrons. The number of ether oxygens (including phenoxy) is 1. The number of anilines is 2. The van der Waals surface area contributed by atoms with Crippen molar-refractivity contribution in [3.05, 3.63) is 76.7 Å². The van der Waals surface area contributed by atoms with E-state index < -0.39 is 6.04 Å². The molecule has 0 saturated carbocycles. The number of nitrogens with one attached hydrogen (secondary N) is 2. The molecule has 0 saturated heterocycles. The summed E-state index contributed by atoms with van der Waals surface area (Å²) in [7, 11) is 0. The Morgan fingerprint density at radius 3 is 2.61 bits per heavy atom. The van der Waals surface area contributed by atoms with Crippen molar-refractivity contribution < 1.29 is 9.53 Å². The topological polar surface area (TPSA) is 81.1 Å². The van der Waals surface area contributed by atoms with Gasteiger partial charge in [0, 0.05) is 16.4 Å². The standard InChI is InChI=1S/C25H28ClN5O2/c1-3-4-5-6-15-33-21-13-7-18(8-14-21)23-22(17(2)29-25-27-16-28-31(23)25)24(32)30-20-11-9-19(26)10-12-20/h7-14,16,23H,3-6,15H2,1-2H3,(H,30,32)(H,27,28,29)/t23-/m0/s1. The van der Waals surface area contributed by atoms with E-state index in [0.29, 0.717) is 28.8 Å². The molecule has 0 unspecified atom stereocenters. The molecule has 8 heteroatoms. The number of nitrogens with zero attached hydrogens (tertiary/aromatic N) is 3. The van der Waals surface area contributed by atoms with Crippen LogP contribution in [-0.2, 0) is 4.79 Å². The first kappa shape index (κ1) is 22.9. The summed E-state index contributed by atoms with van der Waals surface area (Å²) in [5.74, 6) is 1.19. The second kappa shape index (κ2) is 10.5. The predicted octanol–water partition coefficient (Wildman–Crippen LogP) is 5.82. The van der Waals surface area contributed by atoms with Crippen LogP contribution in [0, 0.1) is 0 Å². The summed E-state index contributed by atoms with van der Waals surface area (Å²) in [5.41, 5.74) is 2.88. The van der Waals surface area contributed by atoms with Gasteiger partial charge in [0.15, 0.2) is 0 Å². The zero-order valence-electron chi connectivity index (χ0n) is 18.8. The molecule has 0 aliphatic carbocycles. The maximum atomic E-state index is 13.3. The van der Waals surface area contributed by atoms with E-state index in [-0.39, 0.29) is 5.91 Å². The fourth-order valence-electron chi connectivity index (χ4n) is 3.89. The lowest BCUT2D eigenvalue weighted by atomic mass is 9.95. The first-order valence-electron chi connectivity index (χ1n) is 11.2. The zero-order chi connectivity index (χ0) is 23.2. The van der Waals surface area contributed by atoms with Crippen molar-refractivity contribution >= 4 is 29.1 Å². The molecule has 2 heterocycles. The largest absolute Gasteiger partial charge is 0.494 e. The smallest absolute Gasteiger partial charge is 0.255 e. The molecular weight excluding hydrogens is 438 g/mol. The van der Waals surface area contributed by atoms with Gasteiger partial charge >= 0.3 is 0 Å². The minimum Gasteiger partial charge on any atom is -0.494 e. The van der Waals surface area contributed by atoms with Crippen LogP contribution in [0.15, 0.2) is 66.1 Å². The summed E-state index contributed by atoms with van der Waals surface area (Å²) >= 11 is 5.97. The van der Waals surface area contributed by atoms with Crippen LogP contribution in [0.3, 0.4) is 0 Å². The lowest BCUT2D eigenvalue weighted by Gasteiger charge is -2.28. The Morgan fingerprint density at radius 2 is 1.88 bits per heavy atom. The Hall–Kier alpha value is -3.32. The number of amides is 1. The van der Waals surface area contributed by atoms with Crippen molar-refractivity contribution in [2.75, 3.05) is 17.2 Å². The van der Waals surface area contributed by atoms with E-state index in [9.17, 15) is 4.79 Å². The predicted molar refractivity (Wildman–Crippen MR) is 131 cm³/mol. The number of aromatic nitrogens is 3. The van der Waals surface area contributed by atoms with Crippen LogP contribution in [0.5, 0.6) is 5.75 Å².